The summed E-state index contributed by atoms with van der Waals surface area (Å²) in [5.41, 5.74) is 0. The van der Waals surface area contributed by atoms with Gasteiger partial charge in [0.15, 0.2) is 0 Å². The van der Waals surface area contributed by atoms with Crippen molar-refractivity contribution in [3.8, 4) is 0 Å². The minimum absolute atomic E-state index is 0.592. The van der Waals surface area contributed by atoms with Crippen molar-refractivity contribution in [2.45, 2.75) is 6.92 Å². The van der Waals surface area contributed by atoms with Crippen LogP contribution in [0.15, 0.2) is 37.0 Å². The van der Waals surface area contributed by atoms with Crippen molar-refractivity contribution in [1.82, 2.24) is 5.32 Å². The second-order valence-corrected chi connectivity index (χ2v) is 2.54. The number of nitrogens with one attached hydrogen (secondary N) is 1. The highest BCUT2D eigenvalue weighted by Gasteiger charge is 1.90. The Hall–Kier alpha value is -0.820. The van der Waals surface area contributed by atoms with Crippen LogP contribution in [0.1, 0.15) is 6.92 Å². The number of hydrogen-bond acceptors (Lipinski definition) is 1. The molecule has 0 spiro atoms. The smallest absolute Gasteiger partial charge is 0.000862 e. The fourth-order valence-electron chi connectivity index (χ4n) is 0.787. The summed E-state index contributed by atoms with van der Waals surface area (Å²) in [7, 11) is 1.96. The van der Waals surface area contributed by atoms with E-state index in [9.17, 15) is 0 Å². The number of rotatable bonds is 5. The predicted octanol–water partition coefficient (Wildman–Crippen LogP) is 2.14. The first-order valence-electron chi connectivity index (χ1n) is 3.91. The Morgan fingerprint density at radius 2 is 2.09 bits per heavy atom. The standard InChI is InChI=1S/C10H17N/c1-4-5-6-7-8-10(2)9-11-3/h4-8,10-11H,1,9H2,2-3H3/b6-5-,8-7+. The van der Waals surface area contributed by atoms with E-state index in [-0.39, 0.29) is 0 Å². The molecule has 62 valence electrons. The van der Waals surface area contributed by atoms with E-state index in [1.54, 1.807) is 6.08 Å². The molecule has 1 N–H and O–H groups in total. The predicted molar refractivity (Wildman–Crippen MR) is 51.6 cm³/mol. The molecule has 1 heteroatoms. The maximum Gasteiger partial charge on any atom is 0.000862 e. The van der Waals surface area contributed by atoms with Gasteiger partial charge >= 0.3 is 0 Å². The molecule has 1 nitrogen and oxygen atoms in total. The SMILES string of the molecule is C=C/C=C\C=C\C(C)CNC. The molecule has 0 radical (unpaired) electrons. The van der Waals surface area contributed by atoms with Gasteiger partial charge in [-0.25, -0.2) is 0 Å². The van der Waals surface area contributed by atoms with E-state index in [0.29, 0.717) is 5.92 Å². The summed E-state index contributed by atoms with van der Waals surface area (Å²) in [5.74, 6) is 0.592. The molecule has 0 aliphatic heterocycles. The zero-order valence-corrected chi connectivity index (χ0v) is 7.38. The highest BCUT2D eigenvalue weighted by molar-refractivity contribution is 5.09. The molecule has 0 aromatic heterocycles. The van der Waals surface area contributed by atoms with E-state index < -0.39 is 0 Å². The summed E-state index contributed by atoms with van der Waals surface area (Å²) in [6.07, 6.45) is 9.88. The van der Waals surface area contributed by atoms with E-state index >= 15 is 0 Å². The molecule has 0 saturated heterocycles. The molecular formula is C10H17N. The van der Waals surface area contributed by atoms with Gasteiger partial charge in [-0.2, -0.15) is 0 Å². The number of hydrogen-bond donors (Lipinski definition) is 1. The molecule has 0 aromatic rings. The summed E-state index contributed by atoms with van der Waals surface area (Å²) in [5, 5.41) is 3.11. The van der Waals surface area contributed by atoms with Crippen LogP contribution in [0.5, 0.6) is 0 Å². The van der Waals surface area contributed by atoms with Gasteiger partial charge in [-0.15, -0.1) is 0 Å². The Morgan fingerprint density at radius 3 is 2.64 bits per heavy atom. The lowest BCUT2D eigenvalue weighted by atomic mass is 10.1. The third-order valence-electron chi connectivity index (χ3n) is 1.32. The van der Waals surface area contributed by atoms with Crippen LogP contribution in [0.2, 0.25) is 0 Å². The third-order valence-corrected chi connectivity index (χ3v) is 1.32. The molecule has 0 bridgehead atoms. The summed E-state index contributed by atoms with van der Waals surface area (Å²) >= 11 is 0. The molecule has 0 rings (SSSR count). The second kappa shape index (κ2) is 7.29. The van der Waals surface area contributed by atoms with Gasteiger partial charge in [0.25, 0.3) is 0 Å². The van der Waals surface area contributed by atoms with Gasteiger partial charge in [0, 0.05) is 6.54 Å². The molecular weight excluding hydrogens is 134 g/mol. The number of allylic oxidation sites excluding steroid dienone is 4. The molecule has 1 unspecified atom stereocenters. The Labute approximate surface area is 69.5 Å². The zero-order valence-electron chi connectivity index (χ0n) is 7.38. The van der Waals surface area contributed by atoms with Gasteiger partial charge in [-0.05, 0) is 13.0 Å². The monoisotopic (exact) mass is 151 g/mol. The van der Waals surface area contributed by atoms with Crippen LogP contribution < -0.4 is 5.32 Å². The first-order valence-corrected chi connectivity index (χ1v) is 3.91. The molecule has 0 aromatic carbocycles. The van der Waals surface area contributed by atoms with Gasteiger partial charge in [-0.3, -0.25) is 0 Å². The third kappa shape index (κ3) is 7.07. The second-order valence-electron chi connectivity index (χ2n) is 2.54. The van der Waals surface area contributed by atoms with Crippen molar-refractivity contribution in [2.24, 2.45) is 5.92 Å². The topological polar surface area (TPSA) is 12.0 Å². The molecule has 11 heavy (non-hydrogen) atoms. The van der Waals surface area contributed by atoms with Crippen molar-refractivity contribution < 1.29 is 0 Å². The Balaban J connectivity index is 3.54. The highest BCUT2D eigenvalue weighted by atomic mass is 14.8. The average Bonchev–Trinajstić information content (AvgIpc) is 1.99. The lowest BCUT2D eigenvalue weighted by Gasteiger charge is -2.01. The highest BCUT2D eigenvalue weighted by Crippen LogP contribution is 1.94. The molecule has 0 amide bonds. The minimum atomic E-state index is 0.592. The van der Waals surface area contributed by atoms with Gasteiger partial charge in [0.1, 0.15) is 0 Å². The van der Waals surface area contributed by atoms with E-state index in [4.69, 9.17) is 0 Å². The Morgan fingerprint density at radius 1 is 1.36 bits per heavy atom. The van der Waals surface area contributed by atoms with Crippen LogP contribution in [0.25, 0.3) is 0 Å². The van der Waals surface area contributed by atoms with Gasteiger partial charge < -0.3 is 5.32 Å². The first kappa shape index (κ1) is 10.2. The van der Waals surface area contributed by atoms with Crippen LogP contribution in [-0.2, 0) is 0 Å². The van der Waals surface area contributed by atoms with Crippen LogP contribution in [0, 0.1) is 5.92 Å². The lowest BCUT2D eigenvalue weighted by Crippen LogP contribution is -2.14. The van der Waals surface area contributed by atoms with Crippen LogP contribution in [0.4, 0.5) is 0 Å². The Bertz CT molecular complexity index is 145. The largest absolute Gasteiger partial charge is 0.319 e. The molecule has 0 fully saturated rings. The van der Waals surface area contributed by atoms with Crippen molar-refractivity contribution in [1.29, 1.82) is 0 Å². The summed E-state index contributed by atoms with van der Waals surface area (Å²) in [4.78, 5) is 0. The zero-order chi connectivity index (χ0) is 8.53. The van der Waals surface area contributed by atoms with E-state index in [0.717, 1.165) is 6.54 Å². The van der Waals surface area contributed by atoms with Crippen molar-refractivity contribution in [3.05, 3.63) is 37.0 Å². The van der Waals surface area contributed by atoms with Crippen LogP contribution in [-0.4, -0.2) is 13.6 Å². The maximum atomic E-state index is 3.58. The average molecular weight is 151 g/mol. The van der Waals surface area contributed by atoms with Crippen molar-refractivity contribution >= 4 is 0 Å². The van der Waals surface area contributed by atoms with Gasteiger partial charge in [0.2, 0.25) is 0 Å². The maximum absolute atomic E-state index is 3.58. The van der Waals surface area contributed by atoms with E-state index in [1.807, 2.05) is 25.3 Å². The molecule has 0 aliphatic rings. The minimum Gasteiger partial charge on any atom is -0.319 e. The van der Waals surface area contributed by atoms with Crippen molar-refractivity contribution in [2.75, 3.05) is 13.6 Å². The van der Waals surface area contributed by atoms with E-state index in [2.05, 4.69) is 24.9 Å². The normalized spacial score (nSPS) is 14.4. The van der Waals surface area contributed by atoms with Crippen LogP contribution >= 0.6 is 0 Å². The lowest BCUT2D eigenvalue weighted by molar-refractivity contribution is 0.650. The van der Waals surface area contributed by atoms with E-state index in [1.165, 1.54) is 0 Å². The fourth-order valence-corrected chi connectivity index (χ4v) is 0.787. The molecule has 0 saturated carbocycles. The molecule has 0 aliphatic carbocycles. The van der Waals surface area contributed by atoms with Crippen LogP contribution in [0.3, 0.4) is 0 Å². The fraction of sp³-hybridized carbons (Fsp3) is 0.400. The van der Waals surface area contributed by atoms with Crippen molar-refractivity contribution in [3.63, 3.8) is 0 Å². The van der Waals surface area contributed by atoms with Gasteiger partial charge in [0.05, 0.1) is 0 Å². The first-order chi connectivity index (χ1) is 5.31. The molecule has 1 atom stereocenters. The summed E-state index contributed by atoms with van der Waals surface area (Å²) in [6.45, 7) is 6.78. The van der Waals surface area contributed by atoms with Gasteiger partial charge in [-0.1, -0.05) is 43.9 Å². The summed E-state index contributed by atoms with van der Waals surface area (Å²) in [6, 6.07) is 0. The molecule has 0 heterocycles. The Kier molecular flexibility index (Phi) is 6.75. The quantitative estimate of drug-likeness (QED) is 0.594. The summed E-state index contributed by atoms with van der Waals surface area (Å²) < 4.78 is 0.